The average molecular weight is 586 g/mol. The first kappa shape index (κ1) is 25.1. The van der Waals surface area contributed by atoms with Crippen LogP contribution in [0.1, 0.15) is 42.9 Å². The molecule has 0 N–H and O–H groups in total. The molecule has 0 unspecified atom stereocenters. The fourth-order valence-corrected chi connectivity index (χ4v) is 7.62. The minimum Gasteiger partial charge on any atom is -0.494 e. The largest absolute Gasteiger partial charge is 0.494 e. The third-order valence-electron chi connectivity index (χ3n) is 7.96. The second-order valence-corrected chi connectivity index (χ2v) is 12.1. The molecule has 3 heterocycles. The van der Waals surface area contributed by atoms with Gasteiger partial charge >= 0.3 is 0 Å². The number of thiazole rings is 1. The fraction of sp³-hybridized carbons (Fsp3) is 0.393. The minimum atomic E-state index is 0.138. The van der Waals surface area contributed by atoms with E-state index in [1.54, 1.807) is 24.5 Å². The maximum absolute atomic E-state index is 10.8. The van der Waals surface area contributed by atoms with Crippen LogP contribution in [0.15, 0.2) is 34.9 Å². The average Bonchev–Trinajstić information content (AvgIpc) is 3.25. The molecule has 2 saturated carbocycles. The van der Waals surface area contributed by atoms with E-state index in [0.717, 1.165) is 58.9 Å². The van der Waals surface area contributed by atoms with Gasteiger partial charge < -0.3 is 23.6 Å². The Bertz CT molecular complexity index is 1550. The molecule has 3 fully saturated rings. The summed E-state index contributed by atoms with van der Waals surface area (Å²) in [5, 5.41) is 6.43. The molecule has 2 aliphatic carbocycles. The Morgan fingerprint density at radius 3 is 2.72 bits per heavy atom. The summed E-state index contributed by atoms with van der Waals surface area (Å²) in [7, 11) is 1.59. The topological polar surface area (TPSA) is 86.9 Å². The van der Waals surface area contributed by atoms with Gasteiger partial charge in [0.2, 0.25) is 0 Å². The molecule has 39 heavy (non-hydrogen) atoms. The van der Waals surface area contributed by atoms with Crippen LogP contribution in [-0.2, 0) is 16.1 Å². The second-order valence-electron chi connectivity index (χ2n) is 10.3. The second kappa shape index (κ2) is 9.96. The summed E-state index contributed by atoms with van der Waals surface area (Å²) in [6, 6.07) is 9.32. The molecule has 0 spiro atoms. The normalized spacial score (nSPS) is 22.1. The zero-order chi connectivity index (χ0) is 26.7. The van der Waals surface area contributed by atoms with E-state index in [2.05, 4.69) is 10.1 Å². The molecule has 2 aromatic heterocycles. The van der Waals surface area contributed by atoms with Crippen LogP contribution in [0.25, 0.3) is 21.5 Å². The van der Waals surface area contributed by atoms with Crippen molar-refractivity contribution in [1.82, 2.24) is 10.1 Å². The van der Waals surface area contributed by atoms with E-state index in [1.807, 2.05) is 24.3 Å². The lowest BCUT2D eigenvalue weighted by Crippen LogP contribution is -2.38. The number of methoxy groups -OCH3 is 1. The van der Waals surface area contributed by atoms with Gasteiger partial charge in [-0.3, -0.25) is 4.79 Å². The third kappa shape index (κ3) is 4.45. The van der Waals surface area contributed by atoms with Gasteiger partial charge in [-0.05, 0) is 37.8 Å². The number of carbonyl (C=O) groups excluding carboxylic acids is 1. The number of carbonyl (C=O) groups is 1. The first-order valence-electron chi connectivity index (χ1n) is 12.9. The van der Waals surface area contributed by atoms with E-state index in [4.69, 9.17) is 46.9 Å². The number of hydrogen-bond acceptors (Lipinski definition) is 9. The zero-order valence-electron chi connectivity index (χ0n) is 21.1. The molecule has 1 aliphatic heterocycles. The Balaban J connectivity index is 1.09. The monoisotopic (exact) mass is 585 g/mol. The molecule has 4 aromatic rings. The van der Waals surface area contributed by atoms with Crippen LogP contribution in [0.5, 0.6) is 11.5 Å². The minimum absolute atomic E-state index is 0.138. The van der Waals surface area contributed by atoms with Gasteiger partial charge in [0.15, 0.2) is 5.13 Å². The van der Waals surface area contributed by atoms with E-state index in [9.17, 15) is 4.79 Å². The highest BCUT2D eigenvalue weighted by atomic mass is 35.5. The van der Waals surface area contributed by atoms with Crippen LogP contribution in [-0.4, -0.2) is 42.4 Å². The number of ether oxygens (including phenoxy) is 3. The molecule has 1 saturated heterocycles. The quantitative estimate of drug-likeness (QED) is 0.197. The van der Waals surface area contributed by atoms with Gasteiger partial charge in [0.1, 0.15) is 28.5 Å². The van der Waals surface area contributed by atoms with Crippen molar-refractivity contribution in [1.29, 1.82) is 0 Å². The number of halogens is 2. The summed E-state index contributed by atoms with van der Waals surface area (Å²) in [6.45, 7) is 1.71. The van der Waals surface area contributed by atoms with E-state index < -0.39 is 0 Å². The van der Waals surface area contributed by atoms with Gasteiger partial charge in [-0.25, -0.2) is 4.98 Å². The van der Waals surface area contributed by atoms with Gasteiger partial charge in [-0.2, -0.15) is 0 Å². The number of rotatable bonds is 9. The number of anilines is 1. The van der Waals surface area contributed by atoms with Crippen molar-refractivity contribution in [2.24, 2.45) is 5.92 Å². The summed E-state index contributed by atoms with van der Waals surface area (Å²) in [4.78, 5) is 18.1. The van der Waals surface area contributed by atoms with Gasteiger partial charge in [0.05, 0.1) is 34.6 Å². The van der Waals surface area contributed by atoms with Crippen molar-refractivity contribution >= 4 is 56.4 Å². The molecule has 8 nitrogen and oxygen atoms in total. The first-order chi connectivity index (χ1) is 19.0. The Hall–Kier alpha value is -2.85. The van der Waals surface area contributed by atoms with Crippen LogP contribution in [0.3, 0.4) is 0 Å². The standard InChI is InChI=1S/C28H25Cl2N3O5S/c1-35-22-9-17(37-13-34)10-23-26(22)31-28(39-23)33-11-15-7-16(33)8-21(15)36-12-18-25(32-38-27(18)14-5-6-14)24-19(29)3-2-4-20(24)30/h2-4,9-10,13-16,21H,5-8,11-12H2,1H3/t15-,16-,21+/m0/s1. The maximum atomic E-state index is 10.8. The summed E-state index contributed by atoms with van der Waals surface area (Å²) in [5.74, 6) is 2.71. The number of hydrogen-bond donors (Lipinski definition) is 0. The molecule has 11 heteroatoms. The smallest absolute Gasteiger partial charge is 0.298 e. The van der Waals surface area contributed by atoms with Gasteiger partial charge in [-0.1, -0.05) is 45.8 Å². The zero-order valence-corrected chi connectivity index (χ0v) is 23.4. The van der Waals surface area contributed by atoms with Gasteiger partial charge in [-0.15, -0.1) is 0 Å². The van der Waals surface area contributed by atoms with Crippen LogP contribution in [0, 0.1) is 5.92 Å². The predicted molar refractivity (Wildman–Crippen MR) is 149 cm³/mol. The van der Waals surface area contributed by atoms with Crippen molar-refractivity contribution in [3.63, 3.8) is 0 Å². The van der Waals surface area contributed by atoms with Crippen LogP contribution in [0.4, 0.5) is 5.13 Å². The molecule has 3 atom stereocenters. The highest BCUT2D eigenvalue weighted by Gasteiger charge is 2.46. The summed E-state index contributed by atoms with van der Waals surface area (Å²) < 4.78 is 23.8. The van der Waals surface area contributed by atoms with Crippen LogP contribution in [0.2, 0.25) is 10.0 Å². The lowest BCUT2D eigenvalue weighted by molar-refractivity contribution is -0.120. The fourth-order valence-electron chi connectivity index (χ4n) is 5.95. The Morgan fingerprint density at radius 1 is 1.21 bits per heavy atom. The van der Waals surface area contributed by atoms with Crippen molar-refractivity contribution in [3.8, 4) is 22.8 Å². The molecule has 0 radical (unpaired) electrons. The lowest BCUT2D eigenvalue weighted by atomic mass is 10.0. The number of piperidine rings is 1. The number of benzene rings is 2. The Labute approximate surface area is 238 Å². The molecule has 202 valence electrons. The van der Waals surface area contributed by atoms with Gasteiger partial charge in [0.25, 0.3) is 6.47 Å². The van der Waals surface area contributed by atoms with Gasteiger partial charge in [0, 0.05) is 47.7 Å². The molecular weight excluding hydrogens is 561 g/mol. The summed E-state index contributed by atoms with van der Waals surface area (Å²) in [5.41, 5.74) is 3.11. The van der Waals surface area contributed by atoms with Crippen LogP contribution >= 0.6 is 34.5 Å². The molecular formula is C28H25Cl2N3O5S. The molecule has 0 amide bonds. The number of fused-ring (bicyclic) bond motifs is 3. The van der Waals surface area contributed by atoms with E-state index in [0.29, 0.717) is 63.8 Å². The van der Waals surface area contributed by atoms with E-state index in [-0.39, 0.29) is 6.10 Å². The summed E-state index contributed by atoms with van der Waals surface area (Å²) in [6.07, 6.45) is 4.30. The highest BCUT2D eigenvalue weighted by Crippen LogP contribution is 2.48. The summed E-state index contributed by atoms with van der Waals surface area (Å²) >= 11 is 14.6. The van der Waals surface area contributed by atoms with Crippen molar-refractivity contribution in [2.75, 3.05) is 18.6 Å². The van der Waals surface area contributed by atoms with E-state index in [1.165, 1.54) is 0 Å². The Kier molecular flexibility index (Phi) is 6.42. The van der Waals surface area contributed by atoms with Crippen molar-refractivity contribution in [2.45, 2.75) is 50.4 Å². The third-order valence-corrected chi connectivity index (χ3v) is 9.63. The van der Waals surface area contributed by atoms with E-state index >= 15 is 0 Å². The molecule has 3 aliphatic rings. The number of nitrogens with zero attached hydrogens (tertiary/aromatic N) is 3. The SMILES string of the molecule is COc1cc(OC=O)cc2sc(N3C[C@@H]4C[C@H]3C[C@H]4OCc3c(-c4c(Cl)cccc4Cl)noc3C3CC3)nc12. The molecule has 2 aromatic carbocycles. The predicted octanol–water partition coefficient (Wildman–Crippen LogP) is 6.86. The highest BCUT2D eigenvalue weighted by molar-refractivity contribution is 7.22. The Morgan fingerprint density at radius 2 is 2.03 bits per heavy atom. The van der Waals surface area contributed by atoms with Crippen molar-refractivity contribution < 1.29 is 23.5 Å². The number of aromatic nitrogens is 2. The van der Waals surface area contributed by atoms with Crippen LogP contribution < -0.4 is 14.4 Å². The van der Waals surface area contributed by atoms with Crippen molar-refractivity contribution in [3.05, 3.63) is 51.7 Å². The molecule has 2 bridgehead atoms. The first-order valence-corrected chi connectivity index (χ1v) is 14.5. The maximum Gasteiger partial charge on any atom is 0.298 e. The molecule has 7 rings (SSSR count). The lowest BCUT2D eigenvalue weighted by Gasteiger charge is -2.31.